The minimum atomic E-state index is 0.0274. The molecule has 0 radical (unpaired) electrons. The Kier molecular flexibility index (Phi) is 5.74. The average molecular weight is 385 g/mol. The number of aromatic nitrogens is 2. The Morgan fingerprint density at radius 2 is 2.04 bits per heavy atom. The summed E-state index contributed by atoms with van der Waals surface area (Å²) in [5, 5.41) is 13.5. The van der Waals surface area contributed by atoms with Gasteiger partial charge >= 0.3 is 0 Å². The second-order valence-electron chi connectivity index (χ2n) is 7.58. The highest BCUT2D eigenvalue weighted by atomic mass is 32.1. The van der Waals surface area contributed by atoms with Crippen LogP contribution in [-0.2, 0) is 0 Å². The molecule has 2 unspecified atom stereocenters. The van der Waals surface area contributed by atoms with Gasteiger partial charge in [0.25, 0.3) is 0 Å². The largest absolute Gasteiger partial charge is 0.396 e. The van der Waals surface area contributed by atoms with Crippen molar-refractivity contribution in [2.75, 3.05) is 13.2 Å². The van der Waals surface area contributed by atoms with Crippen LogP contribution in [0.3, 0.4) is 0 Å². The van der Waals surface area contributed by atoms with Crippen LogP contribution in [0.5, 0.6) is 0 Å². The van der Waals surface area contributed by atoms with E-state index in [0.717, 1.165) is 17.4 Å². The zero-order chi connectivity index (χ0) is 18.6. The van der Waals surface area contributed by atoms with Gasteiger partial charge < -0.3 is 19.9 Å². The third-order valence-electron chi connectivity index (χ3n) is 5.83. The van der Waals surface area contributed by atoms with Gasteiger partial charge in [0.15, 0.2) is 5.11 Å². The van der Waals surface area contributed by atoms with Gasteiger partial charge in [0.1, 0.15) is 0 Å². The van der Waals surface area contributed by atoms with Crippen molar-refractivity contribution in [3.63, 3.8) is 0 Å². The maximum Gasteiger partial charge on any atom is 0.170 e. The molecule has 1 aliphatic carbocycles. The second kappa shape index (κ2) is 8.40. The fourth-order valence-electron chi connectivity index (χ4n) is 4.46. The molecule has 2 aliphatic rings. The number of hydrogen-bond donors (Lipinski definition) is 2. The maximum absolute atomic E-state index is 9.32. The van der Waals surface area contributed by atoms with Gasteiger partial charge in [0.2, 0.25) is 0 Å². The first-order valence-corrected chi connectivity index (χ1v) is 10.4. The van der Waals surface area contributed by atoms with Gasteiger partial charge in [-0.25, -0.2) is 0 Å². The van der Waals surface area contributed by atoms with Crippen molar-refractivity contribution < 1.29 is 5.11 Å². The first-order chi connectivity index (χ1) is 13.3. The molecule has 3 heterocycles. The fourth-order valence-corrected chi connectivity index (χ4v) is 4.79. The molecule has 2 aromatic rings. The van der Waals surface area contributed by atoms with E-state index in [0.29, 0.717) is 12.5 Å². The van der Waals surface area contributed by atoms with Gasteiger partial charge in [-0.1, -0.05) is 25.3 Å². The number of rotatable bonds is 6. The molecule has 0 amide bonds. The molecule has 2 atom stereocenters. The maximum atomic E-state index is 9.32. The standard InChI is InChI=1S/C21H28N4OS/c26-14-6-12-25-20(19(23-21(25)27)18-9-4-5-11-22-18)16-10-13-24(15-16)17-7-2-1-3-8-17/h4-5,9-11,13,15,17,19-20,26H,1-3,6-8,12,14H2,(H,23,27). The van der Waals surface area contributed by atoms with E-state index in [-0.39, 0.29) is 18.7 Å². The first kappa shape index (κ1) is 18.4. The Labute approximate surface area is 166 Å². The molecule has 1 saturated heterocycles. The van der Waals surface area contributed by atoms with Crippen LogP contribution in [0.2, 0.25) is 0 Å². The van der Waals surface area contributed by atoms with Gasteiger partial charge in [-0.05, 0) is 55.2 Å². The van der Waals surface area contributed by atoms with E-state index >= 15 is 0 Å². The van der Waals surface area contributed by atoms with E-state index in [1.54, 1.807) is 0 Å². The Balaban J connectivity index is 1.64. The highest BCUT2D eigenvalue weighted by Crippen LogP contribution is 2.39. The highest BCUT2D eigenvalue weighted by Gasteiger charge is 2.39. The summed E-state index contributed by atoms with van der Waals surface area (Å²) in [6.07, 6.45) is 13.6. The van der Waals surface area contributed by atoms with Crippen molar-refractivity contribution in [1.82, 2.24) is 19.8 Å². The normalized spacial score (nSPS) is 23.6. The number of thiocarbonyl (C=S) groups is 1. The lowest BCUT2D eigenvalue weighted by Gasteiger charge is -2.27. The Hall–Kier alpha value is -1.92. The number of nitrogens with one attached hydrogen (secondary N) is 1. The number of aliphatic hydroxyl groups is 1. The van der Waals surface area contributed by atoms with Crippen LogP contribution in [0.25, 0.3) is 0 Å². The Morgan fingerprint density at radius 1 is 1.19 bits per heavy atom. The topological polar surface area (TPSA) is 53.3 Å². The Morgan fingerprint density at radius 3 is 2.78 bits per heavy atom. The van der Waals surface area contributed by atoms with E-state index in [9.17, 15) is 5.11 Å². The molecule has 1 saturated carbocycles. The van der Waals surface area contributed by atoms with E-state index in [2.05, 4.69) is 44.3 Å². The van der Waals surface area contributed by atoms with E-state index in [1.165, 1.54) is 37.7 Å². The summed E-state index contributed by atoms with van der Waals surface area (Å²) in [5.74, 6) is 0. The second-order valence-corrected chi connectivity index (χ2v) is 7.97. The van der Waals surface area contributed by atoms with Gasteiger partial charge in [0.05, 0.1) is 17.8 Å². The molecule has 2 aromatic heterocycles. The molecule has 144 valence electrons. The lowest BCUT2D eigenvalue weighted by Crippen LogP contribution is -2.31. The van der Waals surface area contributed by atoms with Crippen LogP contribution in [-0.4, -0.2) is 37.8 Å². The van der Waals surface area contributed by atoms with E-state index in [1.807, 2.05) is 18.3 Å². The average Bonchev–Trinajstić information content (AvgIpc) is 3.32. The van der Waals surface area contributed by atoms with E-state index < -0.39 is 0 Å². The van der Waals surface area contributed by atoms with Crippen molar-refractivity contribution in [1.29, 1.82) is 0 Å². The molecular weight excluding hydrogens is 356 g/mol. The third-order valence-corrected chi connectivity index (χ3v) is 6.18. The summed E-state index contributed by atoms with van der Waals surface area (Å²) in [7, 11) is 0. The molecule has 6 heteroatoms. The summed E-state index contributed by atoms with van der Waals surface area (Å²) in [6.45, 7) is 0.911. The number of aliphatic hydroxyl groups excluding tert-OH is 1. The molecule has 5 nitrogen and oxygen atoms in total. The number of nitrogens with zero attached hydrogens (tertiary/aromatic N) is 3. The van der Waals surface area contributed by atoms with E-state index in [4.69, 9.17) is 12.2 Å². The van der Waals surface area contributed by atoms with Crippen LogP contribution < -0.4 is 5.32 Å². The lowest BCUT2D eigenvalue weighted by molar-refractivity contribution is 0.247. The highest BCUT2D eigenvalue weighted by molar-refractivity contribution is 7.80. The molecule has 0 aromatic carbocycles. The number of pyridine rings is 1. The predicted molar refractivity (Wildman–Crippen MR) is 110 cm³/mol. The summed E-state index contributed by atoms with van der Waals surface area (Å²) in [5.41, 5.74) is 2.27. The molecule has 27 heavy (non-hydrogen) atoms. The minimum absolute atomic E-state index is 0.0274. The molecular formula is C21H28N4OS. The smallest absolute Gasteiger partial charge is 0.170 e. The predicted octanol–water partition coefficient (Wildman–Crippen LogP) is 3.74. The van der Waals surface area contributed by atoms with Crippen molar-refractivity contribution >= 4 is 17.3 Å². The van der Waals surface area contributed by atoms with Crippen LogP contribution in [0.15, 0.2) is 42.9 Å². The van der Waals surface area contributed by atoms with Crippen molar-refractivity contribution in [2.24, 2.45) is 0 Å². The van der Waals surface area contributed by atoms with Gasteiger partial charge in [-0.15, -0.1) is 0 Å². The summed E-state index contributed by atoms with van der Waals surface area (Å²) in [4.78, 5) is 6.79. The lowest BCUT2D eigenvalue weighted by atomic mass is 9.95. The van der Waals surface area contributed by atoms with Gasteiger partial charge in [-0.2, -0.15) is 0 Å². The van der Waals surface area contributed by atoms with Crippen LogP contribution in [0, 0.1) is 0 Å². The minimum Gasteiger partial charge on any atom is -0.396 e. The summed E-state index contributed by atoms with van der Waals surface area (Å²) in [6, 6.07) is 9.00. The van der Waals surface area contributed by atoms with Crippen LogP contribution in [0.1, 0.15) is 67.9 Å². The van der Waals surface area contributed by atoms with Crippen molar-refractivity contribution in [2.45, 2.75) is 56.7 Å². The summed E-state index contributed by atoms with van der Waals surface area (Å²) >= 11 is 5.64. The number of hydrogen-bond acceptors (Lipinski definition) is 3. The van der Waals surface area contributed by atoms with Crippen LogP contribution in [0.4, 0.5) is 0 Å². The fraction of sp³-hybridized carbons (Fsp3) is 0.524. The molecule has 4 rings (SSSR count). The third kappa shape index (κ3) is 3.87. The molecule has 0 bridgehead atoms. The van der Waals surface area contributed by atoms with Crippen molar-refractivity contribution in [3.05, 3.63) is 54.1 Å². The molecule has 1 aliphatic heterocycles. The van der Waals surface area contributed by atoms with Crippen LogP contribution >= 0.6 is 12.2 Å². The van der Waals surface area contributed by atoms with Gasteiger partial charge in [0, 0.05) is 37.8 Å². The quantitative estimate of drug-likeness (QED) is 0.743. The molecule has 2 N–H and O–H groups in total. The van der Waals surface area contributed by atoms with Gasteiger partial charge in [-0.3, -0.25) is 4.98 Å². The Bertz CT molecular complexity index is 757. The van der Waals surface area contributed by atoms with Crippen molar-refractivity contribution in [3.8, 4) is 0 Å². The zero-order valence-electron chi connectivity index (χ0n) is 15.6. The summed E-state index contributed by atoms with van der Waals surface area (Å²) < 4.78 is 2.40. The molecule has 0 spiro atoms. The monoisotopic (exact) mass is 384 g/mol. The zero-order valence-corrected chi connectivity index (χ0v) is 16.4. The molecule has 2 fully saturated rings. The first-order valence-electron chi connectivity index (χ1n) is 10.0. The SMILES string of the molecule is OCCCN1C(=S)NC(c2ccccn2)C1c1ccn(C2CCCCC2)c1.